The Hall–Kier alpha value is -4.87. The molecule has 0 aliphatic carbocycles. The van der Waals surface area contributed by atoms with Crippen molar-refractivity contribution in [3.63, 3.8) is 0 Å². The number of fused-ring (bicyclic) bond motifs is 1. The fraction of sp³-hybridized carbons (Fsp3) is 0.136. The van der Waals surface area contributed by atoms with Crippen molar-refractivity contribution in [2.24, 2.45) is 0 Å². The van der Waals surface area contributed by atoms with Gasteiger partial charge in [-0.25, -0.2) is 14.8 Å². The number of aromatic nitrogens is 4. The third-order valence-electron chi connectivity index (χ3n) is 5.39. The molecule has 0 fully saturated rings. The van der Waals surface area contributed by atoms with Crippen molar-refractivity contribution in [2.75, 3.05) is 12.0 Å². The number of hydrogen-bond donors (Lipinski definition) is 2. The molecule has 0 bridgehead atoms. The van der Waals surface area contributed by atoms with Gasteiger partial charge in [0.25, 0.3) is 10.8 Å². The summed E-state index contributed by atoms with van der Waals surface area (Å²) in [6, 6.07) is 7.98. The van der Waals surface area contributed by atoms with E-state index in [1.54, 1.807) is 25.1 Å². The van der Waals surface area contributed by atoms with E-state index < -0.39 is 23.5 Å². The van der Waals surface area contributed by atoms with Gasteiger partial charge in [0, 0.05) is 6.07 Å². The number of H-pyrrole nitrogens is 1. The number of aliphatic hydroxyl groups excluding tert-OH is 1. The van der Waals surface area contributed by atoms with E-state index >= 15 is 0 Å². The van der Waals surface area contributed by atoms with Gasteiger partial charge in [0.05, 0.1) is 28.6 Å². The van der Waals surface area contributed by atoms with Gasteiger partial charge in [0.1, 0.15) is 17.3 Å². The lowest BCUT2D eigenvalue weighted by molar-refractivity contribution is -0.737. The number of imidazole rings is 1. The fourth-order valence-corrected chi connectivity index (χ4v) is 3.85. The molecule has 4 aromatic rings. The number of amides is 1. The largest absolute Gasteiger partial charge is 0.503 e. The molecule has 1 aromatic carbocycles. The smallest absolute Gasteiger partial charge is 0.322 e. The van der Waals surface area contributed by atoms with Crippen molar-refractivity contribution in [1.29, 1.82) is 0 Å². The molecule has 34 heavy (non-hydrogen) atoms. The number of para-hydroxylation sites is 1. The molecule has 12 nitrogen and oxygen atoms in total. The topological polar surface area (TPSA) is 155 Å². The van der Waals surface area contributed by atoms with Crippen molar-refractivity contribution in [1.82, 2.24) is 19.9 Å². The van der Waals surface area contributed by atoms with E-state index in [1.165, 1.54) is 37.8 Å². The molecule has 0 saturated carbocycles. The van der Waals surface area contributed by atoms with Gasteiger partial charge in [0.2, 0.25) is 11.7 Å². The third kappa shape index (κ3) is 3.20. The number of anilines is 1. The Balaban J connectivity index is 1.73. The maximum atomic E-state index is 13.4. The van der Waals surface area contributed by atoms with E-state index in [0.29, 0.717) is 11.3 Å². The second kappa shape index (κ2) is 7.92. The summed E-state index contributed by atoms with van der Waals surface area (Å²) in [5, 5.41) is 10.8. The maximum Gasteiger partial charge on any atom is 0.322 e. The number of Topliss-reactive ketones (excluding diaryl/α,β-unsaturated/α-hetero) is 1. The van der Waals surface area contributed by atoms with Gasteiger partial charge >= 0.3 is 5.69 Å². The molecule has 1 amide bonds. The van der Waals surface area contributed by atoms with Crippen LogP contribution in [0.15, 0.2) is 64.7 Å². The lowest BCUT2D eigenvalue weighted by Crippen LogP contribution is -2.33. The predicted molar refractivity (Wildman–Crippen MR) is 116 cm³/mol. The highest BCUT2D eigenvalue weighted by Gasteiger charge is 2.49. The summed E-state index contributed by atoms with van der Waals surface area (Å²) in [5.74, 6) is -2.18. The van der Waals surface area contributed by atoms with Crippen LogP contribution in [0.2, 0.25) is 0 Å². The highest BCUT2D eigenvalue weighted by molar-refractivity contribution is 6.20. The average molecular weight is 461 g/mol. The van der Waals surface area contributed by atoms with Crippen LogP contribution >= 0.6 is 0 Å². The Kier molecular flexibility index (Phi) is 4.89. The highest BCUT2D eigenvalue weighted by atomic mass is 16.8. The van der Waals surface area contributed by atoms with Gasteiger partial charge in [0.15, 0.2) is 24.3 Å². The Bertz CT molecular complexity index is 1500. The van der Waals surface area contributed by atoms with Crippen molar-refractivity contribution < 1.29 is 28.9 Å². The summed E-state index contributed by atoms with van der Waals surface area (Å²) in [5.41, 5.74) is 0.727. The zero-order valence-electron chi connectivity index (χ0n) is 17.9. The third-order valence-corrected chi connectivity index (χ3v) is 5.39. The first-order valence-corrected chi connectivity index (χ1v) is 10.0. The number of carbonyl (C=O) groups is 2. The van der Waals surface area contributed by atoms with Gasteiger partial charge in [-0.2, -0.15) is 4.98 Å². The maximum absolute atomic E-state index is 13.4. The molecule has 0 spiro atoms. The molecule has 1 aliphatic heterocycles. The van der Waals surface area contributed by atoms with Crippen LogP contribution in [-0.4, -0.2) is 48.8 Å². The Morgan fingerprint density at radius 1 is 1.24 bits per heavy atom. The molecule has 1 unspecified atom stereocenters. The summed E-state index contributed by atoms with van der Waals surface area (Å²) in [4.78, 5) is 60.7. The van der Waals surface area contributed by atoms with Gasteiger partial charge in [-0.05, 0) is 25.1 Å². The fourth-order valence-electron chi connectivity index (χ4n) is 3.85. The molecule has 3 aromatic heterocycles. The number of benzene rings is 1. The van der Waals surface area contributed by atoms with Crippen LogP contribution < -0.4 is 4.90 Å². The SMILES string of the molecule is CO[N+](=O)c1ccccc1C1C(C(=O)c2ccc(C)o2)=C(O)C(=O)N1c1ncc2[nH]cnc2n1. The van der Waals surface area contributed by atoms with E-state index in [-0.39, 0.29) is 39.1 Å². The van der Waals surface area contributed by atoms with Crippen LogP contribution in [0.4, 0.5) is 11.6 Å². The molecule has 4 heterocycles. The van der Waals surface area contributed by atoms with E-state index in [9.17, 15) is 19.6 Å². The zero-order chi connectivity index (χ0) is 24.0. The Labute approximate surface area is 191 Å². The number of ketones is 1. The van der Waals surface area contributed by atoms with Crippen LogP contribution in [0.5, 0.6) is 0 Å². The summed E-state index contributed by atoms with van der Waals surface area (Å²) in [7, 11) is 1.18. The van der Waals surface area contributed by atoms with E-state index in [1.807, 2.05) is 0 Å². The minimum Gasteiger partial charge on any atom is -0.503 e. The van der Waals surface area contributed by atoms with Gasteiger partial charge < -0.3 is 14.5 Å². The summed E-state index contributed by atoms with van der Waals surface area (Å²) in [6.45, 7) is 1.66. The molecule has 0 saturated heterocycles. The van der Waals surface area contributed by atoms with Crippen LogP contribution in [0, 0.1) is 11.8 Å². The molecule has 2 N–H and O–H groups in total. The van der Waals surface area contributed by atoms with E-state index in [2.05, 4.69) is 19.9 Å². The van der Waals surface area contributed by atoms with Crippen molar-refractivity contribution >= 4 is 34.5 Å². The van der Waals surface area contributed by atoms with Crippen LogP contribution in [-0.2, 0) is 9.63 Å². The van der Waals surface area contributed by atoms with Crippen LogP contribution in [0.25, 0.3) is 11.2 Å². The second-order valence-corrected chi connectivity index (χ2v) is 7.39. The minimum absolute atomic E-state index is 0.0178. The molecular weight excluding hydrogens is 444 g/mol. The van der Waals surface area contributed by atoms with Crippen molar-refractivity contribution in [2.45, 2.75) is 13.0 Å². The first kappa shape index (κ1) is 21.0. The van der Waals surface area contributed by atoms with Gasteiger partial charge in [-0.3, -0.25) is 14.5 Å². The number of hydrogen-bond acceptors (Lipinski definition) is 9. The predicted octanol–water partition coefficient (Wildman–Crippen LogP) is 3.01. The number of nitrogens with one attached hydrogen (secondary N) is 1. The molecule has 0 radical (unpaired) electrons. The normalized spacial score (nSPS) is 15.9. The van der Waals surface area contributed by atoms with E-state index in [0.717, 1.165) is 4.90 Å². The van der Waals surface area contributed by atoms with Crippen LogP contribution in [0.3, 0.4) is 0 Å². The van der Waals surface area contributed by atoms with E-state index in [4.69, 9.17) is 9.25 Å². The summed E-state index contributed by atoms with van der Waals surface area (Å²) < 4.78 is 5.45. The van der Waals surface area contributed by atoms with Crippen LogP contribution in [0.1, 0.15) is 27.9 Å². The minimum atomic E-state index is -1.26. The first-order chi connectivity index (χ1) is 16.4. The lowest BCUT2D eigenvalue weighted by Gasteiger charge is -2.24. The number of aromatic amines is 1. The van der Waals surface area contributed by atoms with Gasteiger partial charge in [-0.1, -0.05) is 12.1 Å². The standard InChI is InChI=1S/C22H16N6O6/c1-11-7-8-15(34-11)18(29)16-17(12-5-3-4-6-14(12)28(32)33-2)27(21(31)19(16)30)22-23-9-13-20(26-22)25-10-24-13/h3-10,17H,1-2H3,(H-,23,24,25,26,29,30)/p+1. The molecule has 170 valence electrons. The van der Waals surface area contributed by atoms with Gasteiger partial charge in [-0.15, -0.1) is 0 Å². The first-order valence-electron chi connectivity index (χ1n) is 10.0. The number of aryl methyl sites for hydroxylation is 1. The molecule has 12 heteroatoms. The molecule has 1 aliphatic rings. The molecule has 1 atom stereocenters. The number of nitrogens with zero attached hydrogens (tertiary/aromatic N) is 5. The second-order valence-electron chi connectivity index (χ2n) is 7.39. The average Bonchev–Trinajstić information content (AvgIpc) is 3.56. The quantitative estimate of drug-likeness (QED) is 0.326. The summed E-state index contributed by atoms with van der Waals surface area (Å²) >= 11 is 0. The number of carbonyl (C=O) groups excluding carboxylic acids is 2. The molecular formula is C22H17N6O6+. The Morgan fingerprint density at radius 3 is 2.76 bits per heavy atom. The van der Waals surface area contributed by atoms with Crippen molar-refractivity contribution in [3.05, 3.63) is 82.2 Å². The zero-order valence-corrected chi connectivity index (χ0v) is 17.9. The van der Waals surface area contributed by atoms with Crippen molar-refractivity contribution in [3.8, 4) is 0 Å². The number of aliphatic hydroxyl groups is 1. The number of rotatable bonds is 6. The summed E-state index contributed by atoms with van der Waals surface area (Å²) in [6.07, 6.45) is 2.84. The molecule has 5 rings (SSSR count). The monoisotopic (exact) mass is 461 g/mol. The highest BCUT2D eigenvalue weighted by Crippen LogP contribution is 2.43. The number of furan rings is 1. The Morgan fingerprint density at radius 2 is 2.03 bits per heavy atom. The lowest BCUT2D eigenvalue weighted by atomic mass is 9.94.